The van der Waals surface area contributed by atoms with Gasteiger partial charge in [0.15, 0.2) is 0 Å². The minimum atomic E-state index is -0.935. The van der Waals surface area contributed by atoms with Gasteiger partial charge in [0.2, 0.25) is 11.8 Å². The molecule has 8 nitrogen and oxygen atoms in total. The van der Waals surface area contributed by atoms with Gasteiger partial charge in [-0.1, -0.05) is 0 Å². The Kier molecular flexibility index (Phi) is 3.58. The van der Waals surface area contributed by atoms with Crippen LogP contribution < -0.4 is 11.1 Å². The van der Waals surface area contributed by atoms with Gasteiger partial charge in [0, 0.05) is 18.4 Å². The number of nitrogens with one attached hydrogen (secondary N) is 2. The number of aromatic carboxylic acids is 1. The van der Waals surface area contributed by atoms with Gasteiger partial charge in [-0.15, -0.1) is 0 Å². The first kappa shape index (κ1) is 14.2. The van der Waals surface area contributed by atoms with Crippen molar-refractivity contribution >= 4 is 17.7 Å². The molecular weight excluding hydrogens is 286 g/mol. The van der Waals surface area contributed by atoms with Crippen molar-refractivity contribution in [2.75, 3.05) is 17.6 Å². The molecule has 8 heteroatoms. The molecule has 0 aromatic carbocycles. The molecule has 0 aliphatic carbocycles. The summed E-state index contributed by atoms with van der Waals surface area (Å²) >= 11 is 0. The van der Waals surface area contributed by atoms with E-state index in [0.29, 0.717) is 23.7 Å². The Morgan fingerprint density at radius 3 is 3.00 bits per heavy atom. The van der Waals surface area contributed by atoms with Gasteiger partial charge < -0.3 is 26.2 Å². The van der Waals surface area contributed by atoms with Crippen LogP contribution in [0, 0.1) is 5.92 Å². The van der Waals surface area contributed by atoms with E-state index in [-0.39, 0.29) is 17.4 Å². The first-order valence-corrected chi connectivity index (χ1v) is 7.02. The molecule has 2 aromatic rings. The highest BCUT2D eigenvalue weighted by molar-refractivity contribution is 5.87. The molecule has 0 saturated heterocycles. The number of rotatable bonds is 4. The molecule has 116 valence electrons. The van der Waals surface area contributed by atoms with E-state index in [1.165, 1.54) is 6.20 Å². The average molecular weight is 303 g/mol. The maximum atomic E-state index is 10.8. The van der Waals surface area contributed by atoms with Crippen molar-refractivity contribution in [2.45, 2.75) is 19.3 Å². The summed E-state index contributed by atoms with van der Waals surface area (Å²) in [6, 6.07) is 1.65. The summed E-state index contributed by atoms with van der Waals surface area (Å²) < 4.78 is 0. The summed E-state index contributed by atoms with van der Waals surface area (Å²) in [5.74, 6) is -0.0607. The summed E-state index contributed by atoms with van der Waals surface area (Å²) in [5, 5.41) is 21.9. The van der Waals surface area contributed by atoms with Crippen molar-refractivity contribution in [3.05, 3.63) is 29.1 Å². The van der Waals surface area contributed by atoms with Gasteiger partial charge in [-0.3, -0.25) is 0 Å². The molecule has 3 heterocycles. The van der Waals surface area contributed by atoms with Crippen LogP contribution in [0.25, 0.3) is 0 Å². The lowest BCUT2D eigenvalue weighted by molar-refractivity contribution is 0.0697. The molecule has 0 radical (unpaired) electrons. The Morgan fingerprint density at radius 2 is 2.27 bits per heavy atom. The Hall–Kier alpha value is -2.77. The van der Waals surface area contributed by atoms with Crippen molar-refractivity contribution in [1.82, 2.24) is 15.0 Å². The summed E-state index contributed by atoms with van der Waals surface area (Å²) in [7, 11) is 0. The lowest BCUT2D eigenvalue weighted by atomic mass is 9.92. The van der Waals surface area contributed by atoms with E-state index in [0.717, 1.165) is 25.1 Å². The fourth-order valence-corrected chi connectivity index (χ4v) is 2.70. The fraction of sp³-hybridized carbons (Fsp3) is 0.357. The first-order chi connectivity index (χ1) is 10.5. The van der Waals surface area contributed by atoms with Crippen molar-refractivity contribution < 1.29 is 15.0 Å². The van der Waals surface area contributed by atoms with Gasteiger partial charge in [0.25, 0.3) is 0 Å². The van der Waals surface area contributed by atoms with Crippen LogP contribution in [0.2, 0.25) is 0 Å². The third kappa shape index (κ3) is 2.80. The van der Waals surface area contributed by atoms with E-state index in [9.17, 15) is 9.90 Å². The van der Waals surface area contributed by atoms with Gasteiger partial charge in [0.05, 0.1) is 11.1 Å². The number of aromatic nitrogens is 3. The number of aryl methyl sites for hydroxylation is 1. The first-order valence-electron chi connectivity index (χ1n) is 7.02. The van der Waals surface area contributed by atoms with Gasteiger partial charge in [-0.05, 0) is 31.2 Å². The summed E-state index contributed by atoms with van der Waals surface area (Å²) in [6.45, 7) is 0.732. The second-order valence-corrected chi connectivity index (χ2v) is 5.44. The number of fused-ring (bicyclic) bond motifs is 1. The van der Waals surface area contributed by atoms with Crippen LogP contribution in [0.4, 0.5) is 11.8 Å². The van der Waals surface area contributed by atoms with Gasteiger partial charge in [-0.25, -0.2) is 4.79 Å². The number of nitrogen functional groups attached to an aromatic ring is 1. The normalized spacial score (nSPS) is 16.8. The number of hydrogen-bond donors (Lipinski definition) is 5. The SMILES string of the molecule is Nc1nc(O)c2c(n1)NCC(CCc1cc(C(=O)O)c[nH]1)C2. The van der Waals surface area contributed by atoms with Crippen molar-refractivity contribution in [3.63, 3.8) is 0 Å². The van der Waals surface area contributed by atoms with Crippen LogP contribution in [-0.4, -0.2) is 37.7 Å². The molecule has 0 amide bonds. The zero-order valence-electron chi connectivity index (χ0n) is 11.8. The van der Waals surface area contributed by atoms with Crippen molar-refractivity contribution in [3.8, 4) is 5.88 Å². The minimum absolute atomic E-state index is 0.0507. The number of carbonyl (C=O) groups is 1. The summed E-state index contributed by atoms with van der Waals surface area (Å²) in [4.78, 5) is 21.7. The van der Waals surface area contributed by atoms with E-state index in [1.54, 1.807) is 6.07 Å². The minimum Gasteiger partial charge on any atom is -0.493 e. The number of nitrogens with two attached hydrogens (primary N) is 1. The number of anilines is 2. The van der Waals surface area contributed by atoms with Crippen molar-refractivity contribution in [2.24, 2.45) is 5.92 Å². The average Bonchev–Trinajstić information content (AvgIpc) is 2.94. The maximum Gasteiger partial charge on any atom is 0.337 e. The molecule has 0 fully saturated rings. The largest absolute Gasteiger partial charge is 0.493 e. The van der Waals surface area contributed by atoms with Crippen molar-refractivity contribution in [1.29, 1.82) is 0 Å². The monoisotopic (exact) mass is 303 g/mol. The van der Waals surface area contributed by atoms with Crippen LogP contribution in [0.1, 0.15) is 28.0 Å². The highest BCUT2D eigenvalue weighted by Crippen LogP contribution is 2.31. The van der Waals surface area contributed by atoms with E-state index in [2.05, 4.69) is 20.3 Å². The number of carboxylic acid groups (broad SMARTS) is 1. The van der Waals surface area contributed by atoms with E-state index < -0.39 is 5.97 Å². The van der Waals surface area contributed by atoms with Crippen LogP contribution in [0.5, 0.6) is 5.88 Å². The molecule has 1 unspecified atom stereocenters. The number of carboxylic acids is 1. The molecule has 0 bridgehead atoms. The standard InChI is InChI=1S/C14H17N5O3/c15-14-18-11-10(12(20)19-14)3-7(5-17-11)1-2-9-4-8(6-16-9)13(21)22/h4,6-7,16H,1-3,5H2,(H,21,22)(H4,15,17,18,19,20). The van der Waals surface area contributed by atoms with Gasteiger partial charge >= 0.3 is 5.97 Å². The zero-order valence-corrected chi connectivity index (χ0v) is 11.8. The summed E-state index contributed by atoms with van der Waals surface area (Å²) in [5.41, 5.74) is 7.34. The van der Waals surface area contributed by atoms with Crippen LogP contribution in [0.15, 0.2) is 12.3 Å². The Morgan fingerprint density at radius 1 is 1.45 bits per heavy atom. The van der Waals surface area contributed by atoms with Gasteiger partial charge in [0.1, 0.15) is 5.82 Å². The summed E-state index contributed by atoms with van der Waals surface area (Å²) in [6.07, 6.45) is 3.76. The molecular formula is C14H17N5O3. The second kappa shape index (κ2) is 5.55. The third-order valence-corrected chi connectivity index (χ3v) is 3.87. The number of nitrogens with zero attached hydrogens (tertiary/aromatic N) is 2. The molecule has 0 spiro atoms. The van der Waals surface area contributed by atoms with Gasteiger partial charge in [-0.2, -0.15) is 9.97 Å². The van der Waals surface area contributed by atoms with E-state index in [1.807, 2.05) is 0 Å². The molecule has 1 atom stereocenters. The Bertz CT molecular complexity index is 712. The quantitative estimate of drug-likeness (QED) is 0.568. The fourth-order valence-electron chi connectivity index (χ4n) is 2.70. The predicted molar refractivity (Wildman–Crippen MR) is 79.9 cm³/mol. The zero-order chi connectivity index (χ0) is 15.7. The lowest BCUT2D eigenvalue weighted by Gasteiger charge is -2.25. The molecule has 3 rings (SSSR count). The Labute approximate surface area is 126 Å². The maximum absolute atomic E-state index is 10.8. The molecule has 6 N–H and O–H groups in total. The van der Waals surface area contributed by atoms with Crippen LogP contribution >= 0.6 is 0 Å². The molecule has 0 saturated carbocycles. The number of hydrogen-bond acceptors (Lipinski definition) is 6. The lowest BCUT2D eigenvalue weighted by Crippen LogP contribution is -2.25. The highest BCUT2D eigenvalue weighted by atomic mass is 16.4. The number of H-pyrrole nitrogens is 1. The van der Waals surface area contributed by atoms with E-state index >= 15 is 0 Å². The predicted octanol–water partition coefficient (Wildman–Crippen LogP) is 1.01. The van der Waals surface area contributed by atoms with Crippen LogP contribution in [0.3, 0.4) is 0 Å². The number of aromatic amines is 1. The second-order valence-electron chi connectivity index (χ2n) is 5.44. The third-order valence-electron chi connectivity index (χ3n) is 3.87. The van der Waals surface area contributed by atoms with Crippen LogP contribution in [-0.2, 0) is 12.8 Å². The molecule has 22 heavy (non-hydrogen) atoms. The number of aromatic hydroxyl groups is 1. The Balaban J connectivity index is 1.64. The molecule has 1 aliphatic heterocycles. The van der Waals surface area contributed by atoms with E-state index in [4.69, 9.17) is 10.8 Å². The molecule has 2 aromatic heterocycles. The smallest absolute Gasteiger partial charge is 0.337 e. The topological polar surface area (TPSA) is 137 Å². The highest BCUT2D eigenvalue weighted by Gasteiger charge is 2.23. The molecule has 1 aliphatic rings.